The number of fused-ring (bicyclic) bond motifs is 2. The molecule has 0 aliphatic carbocycles. The summed E-state index contributed by atoms with van der Waals surface area (Å²) < 4.78 is 10.3. The van der Waals surface area contributed by atoms with Gasteiger partial charge in [-0.2, -0.15) is 0 Å². The number of esters is 1. The SMILES string of the molecule is CC1C(=O)OC2OC1C2(C)C. The summed E-state index contributed by atoms with van der Waals surface area (Å²) in [5.41, 5.74) is 0.0212. The van der Waals surface area contributed by atoms with E-state index in [0.29, 0.717) is 0 Å². The second-order valence-corrected chi connectivity index (χ2v) is 3.94. The second kappa shape index (κ2) is 1.78. The summed E-state index contributed by atoms with van der Waals surface area (Å²) in [6, 6.07) is 0. The minimum atomic E-state index is -0.295. The van der Waals surface area contributed by atoms with Crippen molar-refractivity contribution in [2.45, 2.75) is 33.2 Å². The Morgan fingerprint density at radius 2 is 2.09 bits per heavy atom. The molecule has 62 valence electrons. The van der Waals surface area contributed by atoms with E-state index in [2.05, 4.69) is 13.8 Å². The molecule has 0 saturated carbocycles. The average molecular weight is 156 g/mol. The Labute approximate surface area is 65.7 Å². The fourth-order valence-electron chi connectivity index (χ4n) is 1.82. The highest BCUT2D eigenvalue weighted by Crippen LogP contribution is 2.49. The van der Waals surface area contributed by atoms with Crippen LogP contribution in [-0.2, 0) is 14.3 Å². The minimum Gasteiger partial charge on any atom is -0.435 e. The predicted molar refractivity (Wildman–Crippen MR) is 37.7 cm³/mol. The van der Waals surface area contributed by atoms with E-state index >= 15 is 0 Å². The standard InChI is InChI=1S/C8H12O3/c1-4-5-8(2,3)7(10-5)11-6(4)9/h4-5,7H,1-3H3. The lowest BCUT2D eigenvalue weighted by Crippen LogP contribution is -2.66. The average Bonchev–Trinajstić information content (AvgIpc) is 1.93. The van der Waals surface area contributed by atoms with Gasteiger partial charge in [0.25, 0.3) is 0 Å². The molecule has 11 heavy (non-hydrogen) atoms. The number of carbonyl (C=O) groups excluding carboxylic acids is 1. The molecule has 3 nitrogen and oxygen atoms in total. The number of carbonyl (C=O) groups is 1. The van der Waals surface area contributed by atoms with E-state index in [4.69, 9.17) is 9.47 Å². The molecule has 0 aromatic heterocycles. The summed E-state index contributed by atoms with van der Waals surface area (Å²) in [6.45, 7) is 5.98. The summed E-state index contributed by atoms with van der Waals surface area (Å²) >= 11 is 0. The second-order valence-electron chi connectivity index (χ2n) is 3.94. The highest BCUT2D eigenvalue weighted by Gasteiger charge is 2.60. The van der Waals surface area contributed by atoms with E-state index in [-0.39, 0.29) is 29.7 Å². The number of hydrogen-bond acceptors (Lipinski definition) is 3. The largest absolute Gasteiger partial charge is 0.435 e. The first-order valence-corrected chi connectivity index (χ1v) is 3.89. The monoisotopic (exact) mass is 156 g/mol. The summed E-state index contributed by atoms with van der Waals surface area (Å²) in [4.78, 5) is 11.0. The van der Waals surface area contributed by atoms with Crippen molar-refractivity contribution in [2.24, 2.45) is 11.3 Å². The van der Waals surface area contributed by atoms with Crippen molar-refractivity contribution in [1.29, 1.82) is 0 Å². The molecule has 0 radical (unpaired) electrons. The first kappa shape index (κ1) is 7.10. The Morgan fingerprint density at radius 3 is 2.45 bits per heavy atom. The smallest absolute Gasteiger partial charge is 0.313 e. The number of rotatable bonds is 0. The van der Waals surface area contributed by atoms with Gasteiger partial charge in [-0.3, -0.25) is 4.79 Å². The van der Waals surface area contributed by atoms with Gasteiger partial charge < -0.3 is 9.47 Å². The van der Waals surface area contributed by atoms with Crippen LogP contribution in [0.4, 0.5) is 0 Å². The first-order valence-electron chi connectivity index (χ1n) is 3.89. The van der Waals surface area contributed by atoms with Crippen LogP contribution < -0.4 is 0 Å². The third-order valence-corrected chi connectivity index (χ3v) is 2.66. The number of hydrogen-bond donors (Lipinski definition) is 0. The minimum absolute atomic E-state index is 0.0212. The molecular weight excluding hydrogens is 144 g/mol. The van der Waals surface area contributed by atoms with Gasteiger partial charge in [0.2, 0.25) is 6.29 Å². The van der Waals surface area contributed by atoms with Crippen molar-refractivity contribution in [2.75, 3.05) is 0 Å². The van der Waals surface area contributed by atoms with E-state index in [1.807, 2.05) is 6.92 Å². The Kier molecular flexibility index (Phi) is 1.15. The van der Waals surface area contributed by atoms with E-state index in [0.717, 1.165) is 0 Å². The van der Waals surface area contributed by atoms with Crippen LogP contribution >= 0.6 is 0 Å². The molecule has 3 heteroatoms. The molecule has 3 aliphatic rings. The molecule has 3 atom stereocenters. The van der Waals surface area contributed by atoms with Crippen LogP contribution in [0.3, 0.4) is 0 Å². The van der Waals surface area contributed by atoms with E-state index in [1.54, 1.807) is 0 Å². The molecule has 3 unspecified atom stereocenters. The van der Waals surface area contributed by atoms with Crippen molar-refractivity contribution in [3.05, 3.63) is 0 Å². The molecule has 3 fully saturated rings. The van der Waals surface area contributed by atoms with Crippen LogP contribution in [0.2, 0.25) is 0 Å². The zero-order valence-corrected chi connectivity index (χ0v) is 6.96. The molecular formula is C8H12O3. The highest BCUT2D eigenvalue weighted by molar-refractivity contribution is 5.74. The lowest BCUT2D eigenvalue weighted by molar-refractivity contribution is -0.365. The maximum Gasteiger partial charge on any atom is 0.313 e. The van der Waals surface area contributed by atoms with Crippen molar-refractivity contribution in [3.8, 4) is 0 Å². The molecule has 0 spiro atoms. The predicted octanol–water partition coefficient (Wildman–Crippen LogP) is 0.930. The molecule has 3 aliphatic heterocycles. The zero-order valence-electron chi connectivity index (χ0n) is 6.96. The molecule has 3 heterocycles. The van der Waals surface area contributed by atoms with Crippen molar-refractivity contribution in [3.63, 3.8) is 0 Å². The van der Waals surface area contributed by atoms with Crippen molar-refractivity contribution < 1.29 is 14.3 Å². The fourth-order valence-corrected chi connectivity index (χ4v) is 1.82. The summed E-state index contributed by atoms with van der Waals surface area (Å²) in [7, 11) is 0. The van der Waals surface area contributed by atoms with Gasteiger partial charge >= 0.3 is 5.97 Å². The third kappa shape index (κ3) is 0.692. The van der Waals surface area contributed by atoms with Crippen molar-refractivity contribution in [1.82, 2.24) is 0 Å². The van der Waals surface area contributed by atoms with Crippen molar-refractivity contribution >= 4 is 5.97 Å². The Bertz CT molecular complexity index is 209. The van der Waals surface area contributed by atoms with Gasteiger partial charge in [0.1, 0.15) is 0 Å². The van der Waals surface area contributed by atoms with Gasteiger partial charge in [-0.15, -0.1) is 0 Å². The van der Waals surface area contributed by atoms with Crippen LogP contribution in [0.15, 0.2) is 0 Å². The van der Waals surface area contributed by atoms with E-state index < -0.39 is 0 Å². The van der Waals surface area contributed by atoms with E-state index in [9.17, 15) is 4.79 Å². The summed E-state index contributed by atoms with van der Waals surface area (Å²) in [5.74, 6) is -0.222. The lowest BCUT2D eigenvalue weighted by atomic mass is 9.73. The molecule has 3 saturated heterocycles. The first-order chi connectivity index (χ1) is 5.03. The fraction of sp³-hybridized carbons (Fsp3) is 0.875. The third-order valence-electron chi connectivity index (χ3n) is 2.66. The van der Waals surface area contributed by atoms with Gasteiger partial charge in [0, 0.05) is 0 Å². The number of ether oxygens (including phenoxy) is 2. The van der Waals surface area contributed by atoms with Gasteiger partial charge in [-0.05, 0) is 6.92 Å². The quantitative estimate of drug-likeness (QED) is 0.489. The van der Waals surface area contributed by atoms with Gasteiger partial charge in [0.05, 0.1) is 17.4 Å². The molecule has 0 aromatic carbocycles. The topological polar surface area (TPSA) is 35.5 Å². The Balaban J connectivity index is 2.23. The maximum atomic E-state index is 11.0. The Morgan fingerprint density at radius 1 is 1.45 bits per heavy atom. The van der Waals surface area contributed by atoms with Gasteiger partial charge in [-0.25, -0.2) is 0 Å². The van der Waals surface area contributed by atoms with Crippen LogP contribution in [0.1, 0.15) is 20.8 Å². The molecule has 2 bridgehead atoms. The van der Waals surface area contributed by atoms with Crippen LogP contribution in [0, 0.1) is 11.3 Å². The van der Waals surface area contributed by atoms with Crippen LogP contribution in [0.25, 0.3) is 0 Å². The van der Waals surface area contributed by atoms with Crippen LogP contribution in [-0.4, -0.2) is 18.4 Å². The zero-order chi connectivity index (χ0) is 8.22. The summed E-state index contributed by atoms with van der Waals surface area (Å²) in [5, 5.41) is 0. The van der Waals surface area contributed by atoms with E-state index in [1.165, 1.54) is 0 Å². The van der Waals surface area contributed by atoms with Gasteiger partial charge in [-0.1, -0.05) is 13.8 Å². The normalized spacial score (nSPS) is 46.1. The lowest BCUT2D eigenvalue weighted by Gasteiger charge is -2.56. The molecule has 0 N–H and O–H groups in total. The molecule has 0 aromatic rings. The Hall–Kier alpha value is -0.570. The van der Waals surface area contributed by atoms with Gasteiger partial charge in [0.15, 0.2) is 0 Å². The molecule has 0 amide bonds. The van der Waals surface area contributed by atoms with Crippen LogP contribution in [0.5, 0.6) is 0 Å². The highest BCUT2D eigenvalue weighted by atomic mass is 16.7. The maximum absolute atomic E-state index is 11.0. The molecule has 3 rings (SSSR count). The summed E-state index contributed by atoms with van der Waals surface area (Å²) in [6.07, 6.45) is -0.232.